The van der Waals surface area contributed by atoms with Gasteiger partial charge in [0.25, 0.3) is 6.43 Å². The summed E-state index contributed by atoms with van der Waals surface area (Å²) in [6, 6.07) is 6.57. The van der Waals surface area contributed by atoms with Crippen molar-refractivity contribution in [2.75, 3.05) is 33.4 Å². The summed E-state index contributed by atoms with van der Waals surface area (Å²) in [7, 11) is 3.48. The van der Waals surface area contributed by atoms with E-state index >= 15 is 0 Å². The van der Waals surface area contributed by atoms with Crippen molar-refractivity contribution < 1.29 is 18.0 Å². The van der Waals surface area contributed by atoms with Gasteiger partial charge in [-0.3, -0.25) is 14.4 Å². The Morgan fingerprint density at radius 3 is 2.61 bits per heavy atom. The number of fused-ring (bicyclic) bond motifs is 2. The lowest BCUT2D eigenvalue weighted by molar-refractivity contribution is -0.135. The zero-order valence-electron chi connectivity index (χ0n) is 21.4. The Labute approximate surface area is 217 Å². The van der Waals surface area contributed by atoms with Crippen molar-refractivity contribution in [2.24, 2.45) is 7.05 Å². The predicted octanol–water partition coefficient (Wildman–Crippen LogP) is 4.34. The van der Waals surface area contributed by atoms with Crippen molar-refractivity contribution in [2.45, 2.75) is 31.9 Å². The van der Waals surface area contributed by atoms with Gasteiger partial charge in [0.2, 0.25) is 5.91 Å². The highest BCUT2D eigenvalue weighted by Gasteiger charge is 2.39. The summed E-state index contributed by atoms with van der Waals surface area (Å²) in [6.45, 7) is 3.50. The van der Waals surface area contributed by atoms with Crippen LogP contribution in [0.5, 0.6) is 0 Å². The summed E-state index contributed by atoms with van der Waals surface area (Å²) in [5.74, 6) is 0.836. The van der Waals surface area contributed by atoms with Gasteiger partial charge in [0.1, 0.15) is 18.5 Å². The first kappa shape index (κ1) is 24.6. The molecule has 6 rings (SSSR count). The number of halogens is 3. The van der Waals surface area contributed by atoms with Crippen molar-refractivity contribution in [1.29, 1.82) is 0 Å². The van der Waals surface area contributed by atoms with Crippen molar-refractivity contribution in [3.8, 4) is 22.5 Å². The van der Waals surface area contributed by atoms with Gasteiger partial charge >= 0.3 is 0 Å². The second kappa shape index (κ2) is 9.23. The van der Waals surface area contributed by atoms with Crippen molar-refractivity contribution in [3.63, 3.8) is 0 Å². The SMILES string of the molecule is CC1C(=O)N(C)Cc2c(-c3cccc4nc(-c5cnn(C)c5)c(C(F)F)cc34)nc(C3CN(CCF)C3)n21. The lowest BCUT2D eigenvalue weighted by atomic mass is 9.98. The number of nitrogens with zero attached hydrogens (tertiary/aromatic N) is 7. The number of amides is 1. The van der Waals surface area contributed by atoms with E-state index in [9.17, 15) is 18.0 Å². The minimum absolute atomic E-state index is 0.0108. The molecule has 1 amide bonds. The lowest BCUT2D eigenvalue weighted by Crippen LogP contribution is -2.48. The van der Waals surface area contributed by atoms with Gasteiger partial charge in [-0.15, -0.1) is 0 Å². The molecule has 1 saturated heterocycles. The summed E-state index contributed by atoms with van der Waals surface area (Å²) in [5.41, 5.74) is 3.34. The first-order valence-electron chi connectivity index (χ1n) is 12.6. The number of aromatic nitrogens is 5. The molecule has 0 spiro atoms. The van der Waals surface area contributed by atoms with Crippen LogP contribution in [0.1, 0.15) is 42.4 Å². The molecule has 1 fully saturated rings. The second-order valence-electron chi connectivity index (χ2n) is 10.2. The number of hydrogen-bond acceptors (Lipinski definition) is 5. The van der Waals surface area contributed by atoms with E-state index in [1.807, 2.05) is 28.5 Å². The molecule has 11 heteroatoms. The number of carbonyl (C=O) groups is 1. The Kier molecular flexibility index (Phi) is 5.97. The number of carbonyl (C=O) groups excluding carboxylic acids is 1. The van der Waals surface area contributed by atoms with E-state index in [0.717, 1.165) is 11.5 Å². The Morgan fingerprint density at radius 1 is 1.13 bits per heavy atom. The number of pyridine rings is 1. The number of rotatable bonds is 6. The number of likely N-dealkylation sites (N-methyl/N-ethyl adjacent to an activating group) is 1. The predicted molar refractivity (Wildman–Crippen MR) is 136 cm³/mol. The molecular formula is C27H28F3N7O. The third-order valence-electron chi connectivity index (χ3n) is 7.63. The van der Waals surface area contributed by atoms with Gasteiger partial charge in [0, 0.05) is 67.9 Å². The summed E-state index contributed by atoms with van der Waals surface area (Å²) >= 11 is 0. The molecule has 0 saturated carbocycles. The number of imidazole rings is 1. The quantitative estimate of drug-likeness (QED) is 0.376. The van der Waals surface area contributed by atoms with E-state index in [2.05, 4.69) is 10.1 Å². The van der Waals surface area contributed by atoms with E-state index in [0.29, 0.717) is 53.9 Å². The zero-order chi connectivity index (χ0) is 26.7. The Morgan fingerprint density at radius 2 is 1.92 bits per heavy atom. The summed E-state index contributed by atoms with van der Waals surface area (Å²) < 4.78 is 45.0. The third kappa shape index (κ3) is 3.87. The number of benzene rings is 1. The van der Waals surface area contributed by atoms with Crippen LogP contribution >= 0.6 is 0 Å². The highest BCUT2D eigenvalue weighted by molar-refractivity contribution is 5.96. The standard InChI is InChI=1S/C27H28F3N7O/c1-15-27(38)34(2)14-22-24(33-26(37(15)22)17-12-36(13-17)8-7-28)18-5-4-6-21-19(18)9-20(25(29)30)23(32-21)16-10-31-35(3)11-16/h4-6,9-11,15,17,25H,7-8,12-14H2,1-3H3. The molecule has 2 aliphatic heterocycles. The summed E-state index contributed by atoms with van der Waals surface area (Å²) in [4.78, 5) is 26.3. The molecule has 198 valence electrons. The Bertz CT molecular complexity index is 1540. The van der Waals surface area contributed by atoms with Crippen molar-refractivity contribution in [3.05, 3.63) is 53.7 Å². The maximum Gasteiger partial charge on any atom is 0.265 e. The monoisotopic (exact) mass is 523 g/mol. The number of alkyl halides is 3. The average Bonchev–Trinajstić information content (AvgIpc) is 3.47. The van der Waals surface area contributed by atoms with Crippen LogP contribution in [-0.2, 0) is 18.4 Å². The van der Waals surface area contributed by atoms with Crippen LogP contribution in [0.4, 0.5) is 13.2 Å². The van der Waals surface area contributed by atoms with Crippen LogP contribution < -0.4 is 0 Å². The molecule has 1 atom stereocenters. The smallest absolute Gasteiger partial charge is 0.265 e. The molecule has 38 heavy (non-hydrogen) atoms. The first-order chi connectivity index (χ1) is 18.3. The normalized spacial score (nSPS) is 18.4. The van der Waals surface area contributed by atoms with Crippen molar-refractivity contribution in [1.82, 2.24) is 34.1 Å². The zero-order valence-corrected chi connectivity index (χ0v) is 21.4. The number of likely N-dealkylation sites (tertiary alicyclic amines) is 1. The van der Waals surface area contributed by atoms with Crippen LogP contribution in [0.3, 0.4) is 0 Å². The molecule has 5 heterocycles. The average molecular weight is 524 g/mol. The minimum Gasteiger partial charge on any atom is -0.338 e. The summed E-state index contributed by atoms with van der Waals surface area (Å²) in [5, 5.41) is 4.69. The van der Waals surface area contributed by atoms with Gasteiger partial charge in [0.05, 0.1) is 35.3 Å². The number of hydrogen-bond donors (Lipinski definition) is 0. The molecule has 0 aliphatic carbocycles. The molecule has 3 aromatic heterocycles. The van der Waals surface area contributed by atoms with E-state index in [1.165, 1.54) is 12.3 Å². The molecule has 0 N–H and O–H groups in total. The molecular weight excluding hydrogens is 495 g/mol. The highest BCUT2D eigenvalue weighted by Crippen LogP contribution is 2.41. The third-order valence-corrected chi connectivity index (χ3v) is 7.63. The Hall–Kier alpha value is -3.73. The van der Waals surface area contributed by atoms with Gasteiger partial charge in [0.15, 0.2) is 0 Å². The Balaban J connectivity index is 1.53. The minimum atomic E-state index is -2.73. The van der Waals surface area contributed by atoms with Crippen LogP contribution in [0.25, 0.3) is 33.4 Å². The fourth-order valence-electron chi connectivity index (χ4n) is 5.70. The highest BCUT2D eigenvalue weighted by atomic mass is 19.3. The van der Waals surface area contributed by atoms with Gasteiger partial charge in [-0.1, -0.05) is 12.1 Å². The van der Waals surface area contributed by atoms with E-state index in [-0.39, 0.29) is 23.1 Å². The molecule has 2 aliphatic rings. The largest absolute Gasteiger partial charge is 0.338 e. The van der Waals surface area contributed by atoms with Crippen LogP contribution in [0, 0.1) is 0 Å². The second-order valence-corrected chi connectivity index (χ2v) is 10.2. The first-order valence-corrected chi connectivity index (χ1v) is 12.6. The maximum absolute atomic E-state index is 14.3. The lowest BCUT2D eigenvalue weighted by Gasteiger charge is -2.40. The van der Waals surface area contributed by atoms with Gasteiger partial charge in [-0.2, -0.15) is 5.10 Å². The number of aryl methyl sites for hydroxylation is 1. The fourth-order valence-corrected chi connectivity index (χ4v) is 5.70. The molecule has 4 aromatic rings. The van der Waals surface area contributed by atoms with Crippen LogP contribution in [0.2, 0.25) is 0 Å². The van der Waals surface area contributed by atoms with Crippen molar-refractivity contribution >= 4 is 16.8 Å². The molecule has 1 unspecified atom stereocenters. The van der Waals surface area contributed by atoms with E-state index in [1.54, 1.807) is 35.9 Å². The summed E-state index contributed by atoms with van der Waals surface area (Å²) in [6.07, 6.45) is 0.462. The fraction of sp³-hybridized carbons (Fsp3) is 0.407. The molecule has 8 nitrogen and oxygen atoms in total. The molecule has 1 aromatic carbocycles. The van der Waals surface area contributed by atoms with E-state index < -0.39 is 19.1 Å². The molecule has 0 radical (unpaired) electrons. The van der Waals surface area contributed by atoms with Crippen LogP contribution in [-0.4, -0.2) is 73.4 Å². The van der Waals surface area contributed by atoms with E-state index in [4.69, 9.17) is 4.98 Å². The van der Waals surface area contributed by atoms with Gasteiger partial charge < -0.3 is 9.47 Å². The maximum atomic E-state index is 14.3. The molecule has 0 bridgehead atoms. The van der Waals surface area contributed by atoms with Gasteiger partial charge in [-0.25, -0.2) is 23.1 Å². The van der Waals surface area contributed by atoms with Gasteiger partial charge in [-0.05, 0) is 19.1 Å². The van der Waals surface area contributed by atoms with Crippen LogP contribution in [0.15, 0.2) is 36.7 Å². The topological polar surface area (TPSA) is 72.1 Å².